The maximum atomic E-state index is 5.40. The summed E-state index contributed by atoms with van der Waals surface area (Å²) >= 11 is 0. The normalized spacial score (nSPS) is 12.6. The molecule has 0 aliphatic carbocycles. The van der Waals surface area contributed by atoms with E-state index in [1.807, 2.05) is 17.1 Å². The van der Waals surface area contributed by atoms with Crippen LogP contribution < -0.4 is 0 Å². The van der Waals surface area contributed by atoms with Crippen LogP contribution in [-0.2, 0) is 5.41 Å². The minimum Gasteiger partial charge on any atom is -0.278 e. The third-order valence-electron chi connectivity index (χ3n) is 12.6. The number of benzene rings is 5. The average molecular weight is 800 g/mol. The van der Waals surface area contributed by atoms with E-state index in [-0.39, 0.29) is 5.41 Å². The maximum Gasteiger partial charge on any atom is 0.221 e. The Hall–Kier alpha value is -7.00. The number of pyridine rings is 1. The van der Waals surface area contributed by atoms with Gasteiger partial charge in [0.1, 0.15) is 5.82 Å². The molecule has 0 N–H and O–H groups in total. The van der Waals surface area contributed by atoms with Crippen LogP contribution in [-0.4, -0.2) is 42.7 Å². The highest BCUT2D eigenvalue weighted by atomic mass is 15.3. The molecular formula is C52H49N9. The number of nitrogens with zero attached hydrogens (tertiary/aromatic N) is 9. The summed E-state index contributed by atoms with van der Waals surface area (Å²) in [5.74, 6) is 3.28. The van der Waals surface area contributed by atoms with Gasteiger partial charge >= 0.3 is 0 Å². The summed E-state index contributed by atoms with van der Waals surface area (Å²) in [7, 11) is 0. The quantitative estimate of drug-likeness (QED) is 0.168. The molecule has 61 heavy (non-hydrogen) atoms. The summed E-state index contributed by atoms with van der Waals surface area (Å²) in [6.07, 6.45) is 6.12. The molecule has 0 atom stereocenters. The molecule has 0 unspecified atom stereocenters. The number of hydrogen-bond acceptors (Lipinski definition) is 4. The molecule has 0 bridgehead atoms. The first-order chi connectivity index (χ1) is 29.4. The van der Waals surface area contributed by atoms with Crippen molar-refractivity contribution >= 4 is 55.7 Å². The first-order valence-corrected chi connectivity index (χ1v) is 21.4. The van der Waals surface area contributed by atoms with Gasteiger partial charge < -0.3 is 0 Å². The van der Waals surface area contributed by atoms with Gasteiger partial charge in [-0.15, -0.1) is 0 Å². The highest BCUT2D eigenvalue weighted by Gasteiger charge is 2.26. The molecular weight excluding hydrogens is 751 g/mol. The van der Waals surface area contributed by atoms with Crippen LogP contribution >= 0.6 is 0 Å². The second-order valence-electron chi connectivity index (χ2n) is 18.3. The van der Waals surface area contributed by atoms with Crippen molar-refractivity contribution < 1.29 is 0 Å². The van der Waals surface area contributed by atoms with Crippen LogP contribution in [0.3, 0.4) is 0 Å². The summed E-state index contributed by atoms with van der Waals surface area (Å²) in [6.45, 7) is 20.1. The lowest BCUT2D eigenvalue weighted by Crippen LogP contribution is -2.12. The van der Waals surface area contributed by atoms with Crippen molar-refractivity contribution in [2.75, 3.05) is 0 Å². The lowest BCUT2D eigenvalue weighted by atomic mass is 9.86. The summed E-state index contributed by atoms with van der Waals surface area (Å²) in [6, 6.07) is 37.2. The number of fused-ring (bicyclic) bond motifs is 10. The van der Waals surface area contributed by atoms with Gasteiger partial charge in [-0.1, -0.05) is 97.0 Å². The number of hydrogen-bond donors (Lipinski definition) is 0. The van der Waals surface area contributed by atoms with Crippen LogP contribution in [0.25, 0.3) is 84.0 Å². The molecule has 0 aliphatic rings. The van der Waals surface area contributed by atoms with Crippen LogP contribution in [0, 0.1) is 13.8 Å². The zero-order valence-corrected chi connectivity index (χ0v) is 36.2. The fourth-order valence-corrected chi connectivity index (χ4v) is 9.46. The van der Waals surface area contributed by atoms with Crippen molar-refractivity contribution in [1.82, 2.24) is 42.7 Å². The van der Waals surface area contributed by atoms with E-state index in [2.05, 4.69) is 190 Å². The molecule has 302 valence electrons. The monoisotopic (exact) mass is 799 g/mol. The second kappa shape index (κ2) is 13.2. The van der Waals surface area contributed by atoms with Gasteiger partial charge in [-0.2, -0.15) is 5.10 Å². The van der Waals surface area contributed by atoms with E-state index in [1.54, 1.807) is 0 Å². The molecule has 11 rings (SSSR count). The molecule has 6 aromatic heterocycles. The zero-order valence-electron chi connectivity index (χ0n) is 36.2. The van der Waals surface area contributed by atoms with E-state index in [9.17, 15) is 0 Å². The third kappa shape index (κ3) is 5.52. The fourth-order valence-electron chi connectivity index (χ4n) is 9.46. The Morgan fingerprint density at radius 3 is 1.74 bits per heavy atom. The van der Waals surface area contributed by atoms with Crippen LogP contribution in [0.15, 0.2) is 122 Å². The van der Waals surface area contributed by atoms with Crippen molar-refractivity contribution in [2.45, 2.75) is 79.6 Å². The Labute approximate surface area is 354 Å². The predicted octanol–water partition coefficient (Wildman–Crippen LogP) is 12.6. The lowest BCUT2D eigenvalue weighted by molar-refractivity contribution is 0.588. The van der Waals surface area contributed by atoms with E-state index in [0.717, 1.165) is 89.6 Å². The number of rotatable bonds is 6. The minimum atomic E-state index is -0.0605. The minimum absolute atomic E-state index is 0.0605. The summed E-state index contributed by atoms with van der Waals surface area (Å²) in [5.41, 5.74) is 18.7. The van der Waals surface area contributed by atoms with Gasteiger partial charge in [0.2, 0.25) is 11.6 Å². The van der Waals surface area contributed by atoms with E-state index in [4.69, 9.17) is 20.1 Å². The Morgan fingerprint density at radius 2 is 1.11 bits per heavy atom. The number of imidazole rings is 4. The topological polar surface area (TPSA) is 75.2 Å². The van der Waals surface area contributed by atoms with E-state index < -0.39 is 0 Å². The van der Waals surface area contributed by atoms with E-state index >= 15 is 0 Å². The van der Waals surface area contributed by atoms with Gasteiger partial charge in [0.15, 0.2) is 0 Å². The summed E-state index contributed by atoms with van der Waals surface area (Å²) in [5, 5.41) is 4.98. The number of para-hydroxylation sites is 2. The molecule has 0 saturated heterocycles. The van der Waals surface area contributed by atoms with Crippen LogP contribution in [0.1, 0.15) is 88.1 Å². The van der Waals surface area contributed by atoms with Gasteiger partial charge in [0, 0.05) is 18.0 Å². The molecule has 5 aromatic carbocycles. The Bertz CT molecular complexity index is 3530. The van der Waals surface area contributed by atoms with Crippen molar-refractivity contribution in [3.63, 3.8) is 0 Å². The van der Waals surface area contributed by atoms with Crippen molar-refractivity contribution in [1.29, 1.82) is 0 Å². The molecule has 0 radical (unpaired) electrons. The van der Waals surface area contributed by atoms with E-state index in [1.165, 1.54) is 22.3 Å². The van der Waals surface area contributed by atoms with Crippen LogP contribution in [0.5, 0.6) is 0 Å². The van der Waals surface area contributed by atoms with Crippen molar-refractivity contribution in [2.24, 2.45) is 0 Å². The van der Waals surface area contributed by atoms with Crippen molar-refractivity contribution in [3.05, 3.63) is 150 Å². The largest absolute Gasteiger partial charge is 0.278 e. The highest BCUT2D eigenvalue weighted by molar-refractivity contribution is 6.03. The summed E-state index contributed by atoms with van der Waals surface area (Å²) < 4.78 is 11.2. The molecule has 9 nitrogen and oxygen atoms in total. The molecule has 11 aromatic rings. The SMILES string of the molecule is Cc1cccc2c1nc1n(-c3cccc(-n4cc(-c5c(C(C)C)cccc5C(C)C)cn4)c3)c3cc4c(cc3n21)n1c2cccc(C)c2nc1n4-c1cc(C(C)(C)C)ccn1. The number of aryl methyl sites for hydroxylation is 2. The molecule has 0 saturated carbocycles. The first kappa shape index (κ1) is 37.0. The molecule has 0 amide bonds. The highest BCUT2D eigenvalue weighted by Crippen LogP contribution is 2.39. The van der Waals surface area contributed by atoms with E-state index in [0.29, 0.717) is 11.8 Å². The molecule has 6 heterocycles. The third-order valence-corrected chi connectivity index (χ3v) is 12.6. The number of aromatic nitrogens is 9. The Balaban J connectivity index is 1.19. The Morgan fingerprint density at radius 1 is 0.557 bits per heavy atom. The predicted molar refractivity (Wildman–Crippen MR) is 249 cm³/mol. The zero-order chi connectivity index (χ0) is 42.1. The van der Waals surface area contributed by atoms with Gasteiger partial charge in [-0.25, -0.2) is 19.6 Å². The summed E-state index contributed by atoms with van der Waals surface area (Å²) in [4.78, 5) is 15.7. The van der Waals surface area contributed by atoms with Crippen molar-refractivity contribution in [3.8, 4) is 28.3 Å². The van der Waals surface area contributed by atoms with Gasteiger partial charge in [0.05, 0.1) is 61.7 Å². The smallest absolute Gasteiger partial charge is 0.221 e. The van der Waals surface area contributed by atoms with Crippen LogP contribution in [0.2, 0.25) is 0 Å². The molecule has 0 aliphatic heterocycles. The molecule has 0 spiro atoms. The first-order valence-electron chi connectivity index (χ1n) is 21.4. The molecule has 0 fully saturated rings. The maximum absolute atomic E-state index is 5.40. The van der Waals surface area contributed by atoms with Gasteiger partial charge in [-0.05, 0) is 119 Å². The lowest BCUT2D eigenvalue weighted by Gasteiger charge is -2.19. The average Bonchev–Trinajstić information content (AvgIpc) is 4.06. The van der Waals surface area contributed by atoms with Gasteiger partial charge in [0.25, 0.3) is 0 Å². The second-order valence-corrected chi connectivity index (χ2v) is 18.3. The van der Waals surface area contributed by atoms with Gasteiger partial charge in [-0.3, -0.25) is 17.9 Å². The molecule has 9 heteroatoms. The fraction of sp³-hybridized carbons (Fsp3) is 0.231. The standard InChI is InChI=1S/C52H49N9/c1-30(2)38-18-13-19-39(31(3)4)47(38)34-28-54-57(29-34)36-16-12-17-37(25-36)58-42-26-45-44(27-43(42)59-40-20-10-14-32(5)48(40)55-50(58)59)60-41-21-11-15-33(6)49(41)56-51(60)61(45)46-24-35(22-23-53-46)52(7,8)9/h10-31H,1-9H3. The Kier molecular flexibility index (Phi) is 8.04. The van der Waals surface area contributed by atoms with Crippen LogP contribution in [0.4, 0.5) is 0 Å².